The van der Waals surface area contributed by atoms with Crippen LogP contribution in [0.5, 0.6) is 0 Å². The molecule has 70 heavy (non-hydrogen) atoms. The summed E-state index contributed by atoms with van der Waals surface area (Å²) < 4.78 is 2.28. The first-order valence-electron chi connectivity index (χ1n) is 23.9. The molecule has 0 bridgehead atoms. The summed E-state index contributed by atoms with van der Waals surface area (Å²) in [6, 6.07) is 61.2. The molecule has 4 heteroatoms. The van der Waals surface area contributed by atoms with Crippen LogP contribution in [0.2, 0.25) is 0 Å². The summed E-state index contributed by atoms with van der Waals surface area (Å²) in [6.07, 6.45) is 17.8. The number of rotatable bonds is 10. The number of allylic oxidation sites excluding steroid dienone is 7. The summed E-state index contributed by atoms with van der Waals surface area (Å²) in [5, 5.41) is 0. The molecule has 0 radical (unpaired) electrons. The Balaban J connectivity index is 0.00000300. The van der Waals surface area contributed by atoms with Crippen LogP contribution in [-0.4, -0.2) is 20.3 Å². The smallest absolute Gasteiger partial charge is 0.146 e. The average Bonchev–Trinajstić information content (AvgIpc) is 3.65. The Kier molecular flexibility index (Phi) is 13.6. The van der Waals surface area contributed by atoms with E-state index < -0.39 is 0 Å². The first kappa shape index (κ1) is 46.6. The van der Waals surface area contributed by atoms with Crippen molar-refractivity contribution in [2.45, 2.75) is 54.5 Å². The molecule has 1 aliphatic heterocycles. The Labute approximate surface area is 414 Å². The molecule has 4 nitrogen and oxygen atoms in total. The molecule has 2 aliphatic rings. The Hall–Kier alpha value is -8.52. The van der Waals surface area contributed by atoms with Gasteiger partial charge in [0.05, 0.1) is 29.3 Å². The fourth-order valence-corrected chi connectivity index (χ4v) is 9.37. The quantitative estimate of drug-likeness (QED) is 0.101. The lowest BCUT2D eigenvalue weighted by atomic mass is 9.96. The predicted molar refractivity (Wildman–Crippen MR) is 297 cm³/mol. The second kappa shape index (κ2) is 20.4. The Morgan fingerprint density at radius 1 is 0.557 bits per heavy atom. The summed E-state index contributed by atoms with van der Waals surface area (Å²) >= 11 is 0. The van der Waals surface area contributed by atoms with E-state index in [2.05, 4.69) is 258 Å². The second-order valence-electron chi connectivity index (χ2n) is 18.3. The van der Waals surface area contributed by atoms with Crippen LogP contribution in [-0.2, 0) is 6.54 Å². The number of aryl methyl sites for hydroxylation is 4. The highest BCUT2D eigenvalue weighted by Crippen LogP contribution is 2.41. The van der Waals surface area contributed by atoms with Gasteiger partial charge in [0.2, 0.25) is 0 Å². The lowest BCUT2D eigenvalue weighted by molar-refractivity contribution is 0.570. The Morgan fingerprint density at radius 3 is 1.76 bits per heavy atom. The molecule has 2 heterocycles. The van der Waals surface area contributed by atoms with Crippen LogP contribution < -0.4 is 0 Å². The highest BCUT2D eigenvalue weighted by molar-refractivity contribution is 6.09. The summed E-state index contributed by atoms with van der Waals surface area (Å²) in [5.41, 5.74) is 23.4. The lowest BCUT2D eigenvalue weighted by Gasteiger charge is -2.34. The van der Waals surface area contributed by atoms with Crippen LogP contribution in [0.1, 0.15) is 76.0 Å². The van der Waals surface area contributed by atoms with Crippen molar-refractivity contribution in [2.24, 2.45) is 4.99 Å². The highest BCUT2D eigenvalue weighted by Gasteiger charge is 2.28. The number of nitrogens with zero attached hydrogens (tertiary/aromatic N) is 4. The van der Waals surface area contributed by atoms with Gasteiger partial charge >= 0.3 is 0 Å². The van der Waals surface area contributed by atoms with Gasteiger partial charge in [-0.15, -0.1) is 12.8 Å². The van der Waals surface area contributed by atoms with Crippen LogP contribution >= 0.6 is 0 Å². The molecule has 0 saturated heterocycles. The molecule has 10 rings (SSSR count). The molecule has 7 aromatic carbocycles. The standard InChI is InChI=1S/C64H56N4.C2H2/c1-42-13-12-16-54(30-23-42)62-60(53-28-21-44(3)22-29-53)66-64(58-17-10-8-14-46(58)5)68(62)48(7)50-33-35-51(36-34-50)52-37-39-56(40-38-52)63-65-59-18-11-9-15-57(59)41-67(63)61(55-31-24-45(4)25-32-55)47(6)49-26-19-43(2)20-27-49;1-2/h8-11,13-40H,7,12,41H2,1-6H3;1-2H/b61-47+;. The zero-order valence-corrected chi connectivity index (χ0v) is 41.0. The fraction of sp³-hybridized carbons (Fsp3) is 0.121. The molecule has 0 amide bonds. The number of para-hydroxylation sites is 1. The highest BCUT2D eigenvalue weighted by atomic mass is 15.2. The van der Waals surface area contributed by atoms with Crippen molar-refractivity contribution in [1.82, 2.24) is 14.5 Å². The van der Waals surface area contributed by atoms with E-state index in [1.807, 2.05) is 0 Å². The van der Waals surface area contributed by atoms with Gasteiger partial charge in [-0.1, -0.05) is 217 Å². The minimum Gasteiger partial charge on any atom is -0.321 e. The van der Waals surface area contributed by atoms with E-state index in [0.29, 0.717) is 6.54 Å². The van der Waals surface area contributed by atoms with Gasteiger partial charge in [0, 0.05) is 22.4 Å². The van der Waals surface area contributed by atoms with Gasteiger partial charge in [-0.25, -0.2) is 9.98 Å². The maximum atomic E-state index is 5.50. The van der Waals surface area contributed by atoms with Crippen LogP contribution in [0.15, 0.2) is 211 Å². The van der Waals surface area contributed by atoms with Gasteiger partial charge < -0.3 is 4.90 Å². The Morgan fingerprint density at radius 2 is 1.10 bits per heavy atom. The molecule has 0 N–H and O–H groups in total. The number of terminal acetylenes is 1. The lowest BCUT2D eigenvalue weighted by Crippen LogP contribution is -2.32. The summed E-state index contributed by atoms with van der Waals surface area (Å²) in [4.78, 5) is 13.3. The van der Waals surface area contributed by atoms with Crippen LogP contribution in [0.25, 0.3) is 56.3 Å². The molecule has 8 aromatic rings. The second-order valence-corrected chi connectivity index (χ2v) is 18.3. The van der Waals surface area contributed by atoms with E-state index in [1.54, 1.807) is 0 Å². The fourth-order valence-electron chi connectivity index (χ4n) is 9.37. The topological polar surface area (TPSA) is 33.4 Å². The number of amidine groups is 1. The van der Waals surface area contributed by atoms with Gasteiger partial charge in [-0.3, -0.25) is 4.57 Å². The van der Waals surface area contributed by atoms with Crippen molar-refractivity contribution in [3.8, 4) is 46.6 Å². The minimum atomic E-state index is 0.704. The van der Waals surface area contributed by atoms with E-state index in [9.17, 15) is 0 Å². The van der Waals surface area contributed by atoms with Crippen molar-refractivity contribution in [3.05, 3.63) is 262 Å². The maximum absolute atomic E-state index is 5.50. The Bertz CT molecular complexity index is 3400. The number of aromatic nitrogens is 2. The van der Waals surface area contributed by atoms with Crippen molar-refractivity contribution >= 4 is 34.1 Å². The first-order valence-corrected chi connectivity index (χ1v) is 23.9. The zero-order chi connectivity index (χ0) is 48.9. The minimum absolute atomic E-state index is 0.704. The van der Waals surface area contributed by atoms with Crippen molar-refractivity contribution in [3.63, 3.8) is 0 Å². The van der Waals surface area contributed by atoms with Gasteiger partial charge in [0.1, 0.15) is 11.7 Å². The number of hydrogen-bond donors (Lipinski definition) is 0. The van der Waals surface area contributed by atoms with E-state index in [4.69, 9.17) is 16.6 Å². The van der Waals surface area contributed by atoms with Crippen molar-refractivity contribution in [2.75, 3.05) is 0 Å². The monoisotopic (exact) mass is 906 g/mol. The van der Waals surface area contributed by atoms with Gasteiger partial charge in [0.15, 0.2) is 0 Å². The van der Waals surface area contributed by atoms with Crippen LogP contribution in [0.3, 0.4) is 0 Å². The molecule has 1 aliphatic carbocycles. The molecular formula is C66H58N4. The number of imidazole rings is 1. The summed E-state index contributed by atoms with van der Waals surface area (Å²) in [6.45, 7) is 18.5. The van der Waals surface area contributed by atoms with Gasteiger partial charge in [-0.05, 0) is 104 Å². The number of aliphatic imine (C=N–C) groups is 1. The third kappa shape index (κ3) is 9.48. The molecule has 0 fully saturated rings. The zero-order valence-electron chi connectivity index (χ0n) is 41.0. The predicted octanol–water partition coefficient (Wildman–Crippen LogP) is 16.7. The third-order valence-corrected chi connectivity index (χ3v) is 13.4. The van der Waals surface area contributed by atoms with Crippen molar-refractivity contribution < 1.29 is 0 Å². The van der Waals surface area contributed by atoms with E-state index in [1.165, 1.54) is 39.0 Å². The molecule has 0 unspecified atom stereocenters. The molecule has 342 valence electrons. The molecular weight excluding hydrogens is 849 g/mol. The maximum Gasteiger partial charge on any atom is 0.146 e. The molecule has 0 saturated carbocycles. The molecule has 0 spiro atoms. The largest absolute Gasteiger partial charge is 0.321 e. The van der Waals surface area contributed by atoms with Gasteiger partial charge in [-0.2, -0.15) is 0 Å². The van der Waals surface area contributed by atoms with Crippen molar-refractivity contribution in [1.29, 1.82) is 0 Å². The van der Waals surface area contributed by atoms with E-state index in [0.717, 1.165) is 96.6 Å². The van der Waals surface area contributed by atoms with E-state index >= 15 is 0 Å². The number of fused-ring (bicyclic) bond motifs is 1. The van der Waals surface area contributed by atoms with Crippen LogP contribution in [0.4, 0.5) is 5.69 Å². The summed E-state index contributed by atoms with van der Waals surface area (Å²) in [5.74, 6) is 1.80. The molecule has 1 aromatic heterocycles. The summed E-state index contributed by atoms with van der Waals surface area (Å²) in [7, 11) is 0. The average molecular weight is 907 g/mol. The first-order chi connectivity index (χ1) is 34.1. The molecule has 0 atom stereocenters. The van der Waals surface area contributed by atoms with E-state index in [-0.39, 0.29) is 0 Å². The number of benzene rings is 7. The number of hydrogen-bond acceptors (Lipinski definition) is 3. The third-order valence-electron chi connectivity index (χ3n) is 13.4. The van der Waals surface area contributed by atoms with Gasteiger partial charge in [0.25, 0.3) is 0 Å². The normalized spacial score (nSPS) is 13.4. The SMILES string of the molecule is C#C.C=C(c1ccc(-c2ccc(C3=Nc4ccccc4CN3/C(=C(\C)c3ccc(C)cc3)c3ccc(C)cc3)cc2)cc1)n1c(-c2ccccc2C)nc(-c2ccc(C)cc2)c1C1=CCC=C(C)C=C1. The van der Waals surface area contributed by atoms with Crippen LogP contribution in [0, 0.1) is 40.5 Å².